The van der Waals surface area contributed by atoms with Gasteiger partial charge in [-0.05, 0) is 30.7 Å². The Hall–Kier alpha value is -3.42. The van der Waals surface area contributed by atoms with Crippen LogP contribution in [0.5, 0.6) is 0 Å². The fourth-order valence-electron chi connectivity index (χ4n) is 2.61. The number of likely N-dealkylation sites (N-methyl/N-ethyl adjacent to an activating group) is 1. The summed E-state index contributed by atoms with van der Waals surface area (Å²) in [5, 5.41) is 2.49. The van der Waals surface area contributed by atoms with Crippen molar-refractivity contribution < 1.29 is 13.6 Å². The summed E-state index contributed by atoms with van der Waals surface area (Å²) in [5.41, 5.74) is 1.71. The molecule has 0 atom stereocenters. The largest absolute Gasteiger partial charge is 0.350 e. The van der Waals surface area contributed by atoms with Crippen molar-refractivity contribution in [3.8, 4) is 11.4 Å². The predicted octanol–water partition coefficient (Wildman–Crippen LogP) is 3.45. The van der Waals surface area contributed by atoms with E-state index in [2.05, 4.69) is 20.3 Å². The Morgan fingerprint density at radius 2 is 1.75 bits per heavy atom. The molecule has 2 aromatic heterocycles. The van der Waals surface area contributed by atoms with Crippen molar-refractivity contribution in [1.29, 1.82) is 0 Å². The number of halogens is 2. The van der Waals surface area contributed by atoms with Crippen LogP contribution in [0.25, 0.3) is 11.4 Å². The molecular formula is C20H19F2N5O. The second-order valence-corrected chi connectivity index (χ2v) is 6.19. The first-order valence-corrected chi connectivity index (χ1v) is 8.70. The van der Waals surface area contributed by atoms with E-state index in [-0.39, 0.29) is 12.2 Å². The number of nitrogens with one attached hydrogen (secondary N) is 1. The average Bonchev–Trinajstić information content (AvgIpc) is 2.67. The Balaban J connectivity index is 1.77. The highest BCUT2D eigenvalue weighted by molar-refractivity contribution is 5.93. The van der Waals surface area contributed by atoms with Crippen molar-refractivity contribution in [3.05, 3.63) is 66.1 Å². The van der Waals surface area contributed by atoms with E-state index in [1.54, 1.807) is 30.4 Å². The van der Waals surface area contributed by atoms with Gasteiger partial charge in [-0.3, -0.25) is 9.78 Å². The highest BCUT2D eigenvalue weighted by atomic mass is 19.1. The molecule has 0 aliphatic heterocycles. The molecule has 8 heteroatoms. The van der Waals surface area contributed by atoms with Crippen molar-refractivity contribution in [2.75, 3.05) is 23.8 Å². The zero-order valence-electron chi connectivity index (χ0n) is 15.5. The van der Waals surface area contributed by atoms with Crippen molar-refractivity contribution >= 4 is 17.4 Å². The minimum absolute atomic E-state index is 0.0475. The Bertz CT molecular complexity index is 961. The molecule has 0 saturated carbocycles. The molecule has 1 N–H and O–H groups in total. The number of hydrogen-bond donors (Lipinski definition) is 1. The van der Waals surface area contributed by atoms with E-state index in [4.69, 9.17) is 0 Å². The zero-order chi connectivity index (χ0) is 20.1. The molecule has 144 valence electrons. The fraction of sp³-hybridized carbons (Fsp3) is 0.200. The maximum absolute atomic E-state index is 13.3. The third-order valence-corrected chi connectivity index (χ3v) is 3.98. The lowest BCUT2D eigenvalue weighted by Gasteiger charge is -2.19. The summed E-state index contributed by atoms with van der Waals surface area (Å²) in [6.07, 6.45) is 4.02. The SMILES string of the molecule is CCc1cc(N(C)CC(=O)Nc2cc(F)cc(F)c2)nc(-c2ccncc2)n1. The molecule has 0 unspecified atom stereocenters. The van der Waals surface area contributed by atoms with Crippen LogP contribution in [0.2, 0.25) is 0 Å². The molecular weight excluding hydrogens is 364 g/mol. The number of rotatable bonds is 6. The molecule has 0 aliphatic rings. The van der Waals surface area contributed by atoms with Gasteiger partial charge in [0.1, 0.15) is 17.5 Å². The third-order valence-electron chi connectivity index (χ3n) is 3.98. The Kier molecular flexibility index (Phi) is 5.88. The van der Waals surface area contributed by atoms with Crippen LogP contribution in [0.1, 0.15) is 12.6 Å². The topological polar surface area (TPSA) is 71.0 Å². The van der Waals surface area contributed by atoms with E-state index < -0.39 is 17.5 Å². The molecule has 0 spiro atoms. The van der Waals surface area contributed by atoms with Gasteiger partial charge in [0.05, 0.1) is 6.54 Å². The highest BCUT2D eigenvalue weighted by Crippen LogP contribution is 2.20. The van der Waals surface area contributed by atoms with Crippen LogP contribution in [-0.2, 0) is 11.2 Å². The molecule has 6 nitrogen and oxygen atoms in total. The highest BCUT2D eigenvalue weighted by Gasteiger charge is 2.13. The van der Waals surface area contributed by atoms with Gasteiger partial charge in [-0.25, -0.2) is 18.7 Å². The van der Waals surface area contributed by atoms with Gasteiger partial charge >= 0.3 is 0 Å². The van der Waals surface area contributed by atoms with Gasteiger partial charge in [-0.15, -0.1) is 0 Å². The van der Waals surface area contributed by atoms with Gasteiger partial charge in [-0.1, -0.05) is 6.92 Å². The lowest BCUT2D eigenvalue weighted by atomic mass is 10.2. The summed E-state index contributed by atoms with van der Waals surface area (Å²) in [6, 6.07) is 8.29. The summed E-state index contributed by atoms with van der Waals surface area (Å²) >= 11 is 0. The first kappa shape index (κ1) is 19.3. The Labute approximate surface area is 161 Å². The van der Waals surface area contributed by atoms with E-state index in [0.717, 1.165) is 29.5 Å². The Morgan fingerprint density at radius 3 is 2.39 bits per heavy atom. The van der Waals surface area contributed by atoms with Gasteiger partial charge in [0, 0.05) is 48.5 Å². The lowest BCUT2D eigenvalue weighted by molar-refractivity contribution is -0.114. The second-order valence-electron chi connectivity index (χ2n) is 6.19. The number of aromatic nitrogens is 3. The van der Waals surface area contributed by atoms with E-state index >= 15 is 0 Å². The molecule has 2 heterocycles. The third kappa shape index (κ3) is 4.85. The number of aryl methyl sites for hydroxylation is 1. The zero-order valence-corrected chi connectivity index (χ0v) is 15.5. The number of carbonyl (C=O) groups is 1. The molecule has 1 aromatic carbocycles. The number of carbonyl (C=O) groups excluding carboxylic acids is 1. The maximum atomic E-state index is 13.3. The maximum Gasteiger partial charge on any atom is 0.243 e. The van der Waals surface area contributed by atoms with E-state index in [1.807, 2.05) is 19.1 Å². The summed E-state index contributed by atoms with van der Waals surface area (Å²) in [5.74, 6) is -0.826. The number of amides is 1. The molecule has 0 bridgehead atoms. The molecule has 0 aliphatic carbocycles. The van der Waals surface area contributed by atoms with Gasteiger partial charge < -0.3 is 10.2 Å². The number of nitrogens with zero attached hydrogens (tertiary/aromatic N) is 4. The van der Waals surface area contributed by atoms with Crippen LogP contribution in [-0.4, -0.2) is 34.5 Å². The van der Waals surface area contributed by atoms with Crippen LogP contribution >= 0.6 is 0 Å². The normalized spacial score (nSPS) is 10.6. The van der Waals surface area contributed by atoms with Crippen LogP contribution in [0.3, 0.4) is 0 Å². The molecule has 0 radical (unpaired) electrons. The molecule has 28 heavy (non-hydrogen) atoms. The van der Waals surface area contributed by atoms with E-state index in [1.165, 1.54) is 0 Å². The summed E-state index contributed by atoms with van der Waals surface area (Å²) < 4.78 is 26.5. The van der Waals surface area contributed by atoms with Gasteiger partial charge in [0.15, 0.2) is 5.82 Å². The van der Waals surface area contributed by atoms with Crippen molar-refractivity contribution in [3.63, 3.8) is 0 Å². The van der Waals surface area contributed by atoms with Crippen LogP contribution < -0.4 is 10.2 Å². The standard InChI is InChI=1S/C20H19F2N5O/c1-3-16-11-18(26-20(25-16)13-4-6-23-7-5-13)27(2)12-19(28)24-17-9-14(21)8-15(22)10-17/h4-11H,3,12H2,1-2H3,(H,24,28). The first-order chi connectivity index (χ1) is 13.4. The minimum Gasteiger partial charge on any atom is -0.350 e. The monoisotopic (exact) mass is 383 g/mol. The average molecular weight is 383 g/mol. The summed E-state index contributed by atoms with van der Waals surface area (Å²) in [6.45, 7) is 1.93. The minimum atomic E-state index is -0.756. The second kappa shape index (κ2) is 8.51. The number of pyridine rings is 1. The molecule has 3 rings (SSSR count). The fourth-order valence-corrected chi connectivity index (χ4v) is 2.61. The summed E-state index contributed by atoms with van der Waals surface area (Å²) in [7, 11) is 1.71. The van der Waals surface area contributed by atoms with Crippen LogP contribution in [0.15, 0.2) is 48.8 Å². The Morgan fingerprint density at radius 1 is 1.07 bits per heavy atom. The molecule has 0 saturated heterocycles. The van der Waals surface area contributed by atoms with E-state index in [9.17, 15) is 13.6 Å². The quantitative estimate of drug-likeness (QED) is 0.706. The molecule has 1 amide bonds. The first-order valence-electron chi connectivity index (χ1n) is 8.70. The van der Waals surface area contributed by atoms with Crippen molar-refractivity contribution in [2.45, 2.75) is 13.3 Å². The number of anilines is 2. The van der Waals surface area contributed by atoms with Gasteiger partial charge in [0.25, 0.3) is 0 Å². The number of benzene rings is 1. The number of hydrogen-bond acceptors (Lipinski definition) is 5. The van der Waals surface area contributed by atoms with Crippen molar-refractivity contribution in [2.24, 2.45) is 0 Å². The molecule has 0 fully saturated rings. The smallest absolute Gasteiger partial charge is 0.243 e. The van der Waals surface area contributed by atoms with Crippen LogP contribution in [0, 0.1) is 11.6 Å². The molecule has 3 aromatic rings. The van der Waals surface area contributed by atoms with Gasteiger partial charge in [0.2, 0.25) is 5.91 Å². The lowest BCUT2D eigenvalue weighted by Crippen LogP contribution is -2.31. The van der Waals surface area contributed by atoms with Gasteiger partial charge in [-0.2, -0.15) is 0 Å². The summed E-state index contributed by atoms with van der Waals surface area (Å²) in [4.78, 5) is 27.0. The predicted molar refractivity (Wildman–Crippen MR) is 103 cm³/mol. The van der Waals surface area contributed by atoms with E-state index in [0.29, 0.717) is 18.1 Å². The van der Waals surface area contributed by atoms with Crippen LogP contribution in [0.4, 0.5) is 20.3 Å². The van der Waals surface area contributed by atoms with Crippen molar-refractivity contribution in [1.82, 2.24) is 15.0 Å².